The zero-order chi connectivity index (χ0) is 10.6. The van der Waals surface area contributed by atoms with Gasteiger partial charge in [-0.2, -0.15) is 0 Å². The van der Waals surface area contributed by atoms with E-state index in [9.17, 15) is 9.18 Å². The smallest absolute Gasteiger partial charge is 0.317 e. The molecule has 1 saturated carbocycles. The Hall–Kier alpha value is -1.06. The van der Waals surface area contributed by atoms with Crippen molar-refractivity contribution < 1.29 is 9.18 Å². The molecule has 0 aliphatic heterocycles. The molecule has 2 atom stereocenters. The average molecular weight is 200 g/mol. The molecule has 80 valence electrons. The van der Waals surface area contributed by atoms with Crippen molar-refractivity contribution in [3.8, 4) is 0 Å². The van der Waals surface area contributed by atoms with Gasteiger partial charge in [0.2, 0.25) is 0 Å². The Bertz CT molecular complexity index is 220. The van der Waals surface area contributed by atoms with Crippen LogP contribution >= 0.6 is 0 Å². The number of alkyl halides is 1. The zero-order valence-electron chi connectivity index (χ0n) is 8.50. The highest BCUT2D eigenvalue weighted by atomic mass is 19.1. The van der Waals surface area contributed by atoms with Crippen molar-refractivity contribution in [2.45, 2.75) is 31.5 Å². The van der Waals surface area contributed by atoms with Crippen LogP contribution < -0.4 is 5.32 Å². The lowest BCUT2D eigenvalue weighted by atomic mass is 10.2. The molecule has 0 radical (unpaired) electrons. The number of hydrogen-bond acceptors (Lipinski definition) is 1. The van der Waals surface area contributed by atoms with Gasteiger partial charge >= 0.3 is 6.03 Å². The fraction of sp³-hybridized carbons (Fsp3) is 0.700. The second-order valence-corrected chi connectivity index (χ2v) is 3.73. The first kappa shape index (κ1) is 11.0. The van der Waals surface area contributed by atoms with Gasteiger partial charge in [0.15, 0.2) is 0 Å². The van der Waals surface area contributed by atoms with Gasteiger partial charge in [0.1, 0.15) is 6.17 Å². The SMILES string of the molecule is C=CCN(C)C(=O)NC1CCC(F)C1. The van der Waals surface area contributed by atoms with Crippen LogP contribution in [0.1, 0.15) is 19.3 Å². The number of hydrogen-bond donors (Lipinski definition) is 1. The van der Waals surface area contributed by atoms with Crippen LogP contribution in [0.4, 0.5) is 9.18 Å². The van der Waals surface area contributed by atoms with Crippen LogP contribution in [0.2, 0.25) is 0 Å². The Morgan fingerprint density at radius 3 is 2.93 bits per heavy atom. The molecule has 1 aliphatic rings. The van der Waals surface area contributed by atoms with Crippen molar-refractivity contribution in [1.82, 2.24) is 10.2 Å². The number of nitrogens with zero attached hydrogens (tertiary/aromatic N) is 1. The van der Waals surface area contributed by atoms with Crippen LogP contribution in [0, 0.1) is 0 Å². The third kappa shape index (κ3) is 3.01. The number of nitrogens with one attached hydrogen (secondary N) is 1. The summed E-state index contributed by atoms with van der Waals surface area (Å²) >= 11 is 0. The summed E-state index contributed by atoms with van der Waals surface area (Å²) in [6.45, 7) is 4.06. The summed E-state index contributed by atoms with van der Waals surface area (Å²) in [4.78, 5) is 13.0. The predicted molar refractivity (Wildman–Crippen MR) is 53.9 cm³/mol. The van der Waals surface area contributed by atoms with Gasteiger partial charge in [-0.15, -0.1) is 6.58 Å². The molecule has 0 heterocycles. The van der Waals surface area contributed by atoms with Gasteiger partial charge in [0, 0.05) is 19.6 Å². The number of halogens is 1. The highest BCUT2D eigenvalue weighted by Gasteiger charge is 2.25. The van der Waals surface area contributed by atoms with Crippen LogP contribution in [0.25, 0.3) is 0 Å². The maximum atomic E-state index is 12.8. The molecule has 1 rings (SSSR count). The average Bonchev–Trinajstić information content (AvgIpc) is 2.51. The van der Waals surface area contributed by atoms with Gasteiger partial charge < -0.3 is 10.2 Å². The highest BCUT2D eigenvalue weighted by molar-refractivity contribution is 5.74. The molecule has 1 aliphatic carbocycles. The first-order valence-electron chi connectivity index (χ1n) is 4.90. The van der Waals surface area contributed by atoms with E-state index in [1.165, 1.54) is 4.90 Å². The van der Waals surface area contributed by atoms with Gasteiger partial charge in [-0.05, 0) is 19.3 Å². The van der Waals surface area contributed by atoms with Crippen LogP contribution in [0.3, 0.4) is 0 Å². The molecule has 0 bridgehead atoms. The van der Waals surface area contributed by atoms with E-state index in [-0.39, 0.29) is 12.1 Å². The lowest BCUT2D eigenvalue weighted by Gasteiger charge is -2.19. The summed E-state index contributed by atoms with van der Waals surface area (Å²) in [5, 5.41) is 2.79. The summed E-state index contributed by atoms with van der Waals surface area (Å²) in [5.41, 5.74) is 0. The molecule has 14 heavy (non-hydrogen) atoms. The minimum atomic E-state index is -0.745. The molecule has 0 saturated heterocycles. The lowest BCUT2D eigenvalue weighted by molar-refractivity contribution is 0.208. The van der Waals surface area contributed by atoms with Gasteiger partial charge in [-0.3, -0.25) is 0 Å². The summed E-state index contributed by atoms with van der Waals surface area (Å²) in [6.07, 6.45) is 2.68. The minimum Gasteiger partial charge on any atom is -0.335 e. The van der Waals surface area contributed by atoms with Gasteiger partial charge in [-0.1, -0.05) is 6.08 Å². The Morgan fingerprint density at radius 1 is 1.71 bits per heavy atom. The third-order valence-corrected chi connectivity index (χ3v) is 2.45. The monoisotopic (exact) mass is 200 g/mol. The Labute approximate surface area is 84.0 Å². The molecular weight excluding hydrogens is 183 g/mol. The van der Waals surface area contributed by atoms with Crippen molar-refractivity contribution in [2.24, 2.45) is 0 Å². The molecule has 1 N–H and O–H groups in total. The second-order valence-electron chi connectivity index (χ2n) is 3.73. The standard InChI is InChI=1S/C10H17FN2O/c1-3-6-13(2)10(14)12-9-5-4-8(11)7-9/h3,8-9H,1,4-7H2,2H3,(H,12,14). The van der Waals surface area contributed by atoms with E-state index in [1.54, 1.807) is 13.1 Å². The van der Waals surface area contributed by atoms with Gasteiger partial charge in [-0.25, -0.2) is 9.18 Å². The topological polar surface area (TPSA) is 32.3 Å². The molecule has 0 aromatic carbocycles. The number of urea groups is 1. The largest absolute Gasteiger partial charge is 0.335 e. The Morgan fingerprint density at radius 2 is 2.43 bits per heavy atom. The summed E-state index contributed by atoms with van der Waals surface area (Å²) < 4.78 is 12.8. The van der Waals surface area contributed by atoms with E-state index in [0.717, 1.165) is 6.42 Å². The van der Waals surface area contributed by atoms with E-state index >= 15 is 0 Å². The van der Waals surface area contributed by atoms with Crippen molar-refractivity contribution >= 4 is 6.03 Å². The van der Waals surface area contributed by atoms with E-state index < -0.39 is 6.17 Å². The predicted octanol–water partition coefficient (Wildman–Crippen LogP) is 1.70. The highest BCUT2D eigenvalue weighted by Crippen LogP contribution is 2.21. The fourth-order valence-corrected chi connectivity index (χ4v) is 1.62. The molecule has 2 amide bonds. The van der Waals surface area contributed by atoms with Crippen molar-refractivity contribution in [2.75, 3.05) is 13.6 Å². The normalized spacial score (nSPS) is 25.9. The van der Waals surface area contributed by atoms with Gasteiger partial charge in [0.05, 0.1) is 0 Å². The molecule has 0 aromatic rings. The maximum absolute atomic E-state index is 12.8. The summed E-state index contributed by atoms with van der Waals surface area (Å²) in [5.74, 6) is 0. The van der Waals surface area contributed by atoms with Crippen LogP contribution in [-0.4, -0.2) is 36.7 Å². The molecule has 1 fully saturated rings. The van der Waals surface area contributed by atoms with Crippen LogP contribution in [0.15, 0.2) is 12.7 Å². The number of amides is 2. The molecular formula is C10H17FN2O. The fourth-order valence-electron chi connectivity index (χ4n) is 1.62. The number of rotatable bonds is 3. The number of carbonyl (C=O) groups is 1. The molecule has 3 nitrogen and oxygen atoms in total. The third-order valence-electron chi connectivity index (χ3n) is 2.45. The lowest BCUT2D eigenvalue weighted by Crippen LogP contribution is -2.42. The molecule has 0 aromatic heterocycles. The number of carbonyl (C=O) groups excluding carboxylic acids is 1. The van der Waals surface area contributed by atoms with E-state index in [2.05, 4.69) is 11.9 Å². The van der Waals surface area contributed by atoms with E-state index in [0.29, 0.717) is 19.4 Å². The maximum Gasteiger partial charge on any atom is 0.317 e. The number of likely N-dealkylation sites (N-methyl/N-ethyl adjacent to an activating group) is 1. The van der Waals surface area contributed by atoms with Crippen molar-refractivity contribution in [3.05, 3.63) is 12.7 Å². The minimum absolute atomic E-state index is 0.00441. The van der Waals surface area contributed by atoms with Crippen LogP contribution in [-0.2, 0) is 0 Å². The Balaban J connectivity index is 2.29. The quantitative estimate of drug-likeness (QED) is 0.691. The first-order valence-corrected chi connectivity index (χ1v) is 4.90. The van der Waals surface area contributed by atoms with Gasteiger partial charge in [0.25, 0.3) is 0 Å². The first-order chi connectivity index (χ1) is 6.63. The second kappa shape index (κ2) is 4.98. The van der Waals surface area contributed by atoms with Crippen molar-refractivity contribution in [3.63, 3.8) is 0 Å². The summed E-state index contributed by atoms with van der Waals surface area (Å²) in [7, 11) is 1.69. The molecule has 4 heteroatoms. The molecule has 2 unspecified atom stereocenters. The van der Waals surface area contributed by atoms with Crippen molar-refractivity contribution in [1.29, 1.82) is 0 Å². The van der Waals surface area contributed by atoms with Crippen LogP contribution in [0.5, 0.6) is 0 Å². The Kier molecular flexibility index (Phi) is 3.92. The summed E-state index contributed by atoms with van der Waals surface area (Å²) in [6, 6.07) is -0.145. The molecule has 0 spiro atoms. The van der Waals surface area contributed by atoms with E-state index in [1.807, 2.05) is 0 Å². The van der Waals surface area contributed by atoms with E-state index in [4.69, 9.17) is 0 Å². The zero-order valence-corrected chi connectivity index (χ0v) is 8.50.